The summed E-state index contributed by atoms with van der Waals surface area (Å²) in [5.74, 6) is 1.44. The summed E-state index contributed by atoms with van der Waals surface area (Å²) in [5.41, 5.74) is 5.67. The number of benzene rings is 4. The lowest BCUT2D eigenvalue weighted by Crippen LogP contribution is -2.53. The lowest BCUT2D eigenvalue weighted by Gasteiger charge is -2.43. The van der Waals surface area contributed by atoms with Gasteiger partial charge in [0, 0.05) is 51.1 Å². The minimum Gasteiger partial charge on any atom is -0.494 e. The van der Waals surface area contributed by atoms with Crippen LogP contribution in [0.1, 0.15) is 54.5 Å². The van der Waals surface area contributed by atoms with E-state index < -0.39 is 18.2 Å². The minimum atomic E-state index is -0.475. The van der Waals surface area contributed by atoms with Gasteiger partial charge in [0.2, 0.25) is 5.91 Å². The van der Waals surface area contributed by atoms with E-state index in [0.717, 1.165) is 70.0 Å². The third-order valence-electron chi connectivity index (χ3n) is 11.0. The van der Waals surface area contributed by atoms with Gasteiger partial charge in [-0.05, 0) is 72.9 Å². The van der Waals surface area contributed by atoms with Crippen LogP contribution >= 0.6 is 0 Å². The van der Waals surface area contributed by atoms with Crippen molar-refractivity contribution in [2.75, 3.05) is 58.5 Å². The maximum absolute atomic E-state index is 14.1. The molecule has 58 heavy (non-hydrogen) atoms. The number of hydrogen-bond acceptors (Lipinski definition) is 9. The summed E-state index contributed by atoms with van der Waals surface area (Å²) in [6.07, 6.45) is 0.667. The number of piperidine rings is 1. The molecule has 11 nitrogen and oxygen atoms in total. The lowest BCUT2D eigenvalue weighted by atomic mass is 9.82. The number of rotatable bonds is 16. The zero-order valence-corrected chi connectivity index (χ0v) is 33.8. The Bertz CT molecular complexity index is 2110. The molecule has 3 atom stereocenters. The molecule has 1 aromatic heterocycles. The van der Waals surface area contributed by atoms with Crippen LogP contribution in [-0.4, -0.2) is 92.5 Å². The van der Waals surface area contributed by atoms with Gasteiger partial charge in [-0.15, -0.1) is 0 Å². The molecule has 0 saturated carbocycles. The number of hydrogen-bond donors (Lipinski definition) is 0. The Balaban J connectivity index is 1.13. The summed E-state index contributed by atoms with van der Waals surface area (Å²) in [7, 11) is 3.51. The van der Waals surface area contributed by atoms with E-state index >= 15 is 0 Å². The predicted molar refractivity (Wildman–Crippen MR) is 224 cm³/mol. The largest absolute Gasteiger partial charge is 0.494 e. The summed E-state index contributed by atoms with van der Waals surface area (Å²) >= 11 is 0. The highest BCUT2D eigenvalue weighted by molar-refractivity contribution is 5.79. The number of anilines is 1. The third kappa shape index (κ3) is 10.3. The fourth-order valence-corrected chi connectivity index (χ4v) is 7.89. The average Bonchev–Trinajstić information content (AvgIpc) is 3.25. The molecule has 0 unspecified atom stereocenters. The Morgan fingerprint density at radius 1 is 0.914 bits per heavy atom. The van der Waals surface area contributed by atoms with Crippen LogP contribution in [0.25, 0.3) is 10.9 Å². The Kier molecular flexibility index (Phi) is 13.8. The first-order chi connectivity index (χ1) is 28.4. The highest BCUT2D eigenvalue weighted by Gasteiger charge is 2.41. The number of nitrogens with zero attached hydrogens (tertiary/aromatic N) is 4. The Hall–Kier alpha value is -5.65. The van der Waals surface area contributed by atoms with E-state index in [0.29, 0.717) is 39.4 Å². The number of carbonyl (C=O) groups is 2. The van der Waals surface area contributed by atoms with Gasteiger partial charge in [-0.2, -0.15) is 0 Å². The Morgan fingerprint density at radius 2 is 1.72 bits per heavy atom. The molecule has 3 heterocycles. The van der Waals surface area contributed by atoms with Crippen molar-refractivity contribution in [1.29, 1.82) is 0 Å². The van der Waals surface area contributed by atoms with Gasteiger partial charge in [-0.3, -0.25) is 9.78 Å². The maximum atomic E-state index is 14.1. The van der Waals surface area contributed by atoms with Crippen molar-refractivity contribution in [3.63, 3.8) is 0 Å². The van der Waals surface area contributed by atoms with Crippen LogP contribution in [0.3, 0.4) is 0 Å². The molecule has 1 fully saturated rings. The van der Waals surface area contributed by atoms with Gasteiger partial charge < -0.3 is 38.4 Å². The van der Waals surface area contributed by atoms with Crippen LogP contribution in [0.2, 0.25) is 0 Å². The van der Waals surface area contributed by atoms with Crippen molar-refractivity contribution >= 4 is 28.6 Å². The van der Waals surface area contributed by atoms with Gasteiger partial charge in [-0.25, -0.2) is 4.79 Å². The molecule has 7 rings (SSSR count). The minimum absolute atomic E-state index is 0.0861. The second-order valence-electron chi connectivity index (χ2n) is 15.0. The van der Waals surface area contributed by atoms with Crippen LogP contribution in [0, 0.1) is 0 Å². The standard InChI is InChI=1S/C47H54N4O7/c1-4-55-40-20-17-36(18-21-40)41-28-39(29-46(52)49(2)30-38-19-16-37-13-8-9-14-42(37)48-38)51(47(53)58-32-34-11-6-5-7-12-34)31-45(41)57-33-35-15-22-44-43(27-35)50(24-26-56-44)23-10-25-54-3/h5-9,11-22,27,39,41,45H,4,10,23-26,28-33H2,1-3H3/t39-,41+,45-/m0/s1. The Morgan fingerprint density at radius 3 is 2.53 bits per heavy atom. The number of pyridine rings is 1. The predicted octanol–water partition coefficient (Wildman–Crippen LogP) is 8.00. The smallest absolute Gasteiger partial charge is 0.410 e. The highest BCUT2D eigenvalue weighted by atomic mass is 16.6. The quantitative estimate of drug-likeness (QED) is 0.0922. The SMILES string of the molecule is CCOc1ccc([C@H]2C[C@@H](CC(=O)N(C)Cc3ccc4ccccc4n3)N(C(=O)OCc3ccccc3)C[C@@H]2OCc2ccc3c(c2)N(CCCOC)CCO3)cc1. The summed E-state index contributed by atoms with van der Waals surface area (Å²) in [4.78, 5) is 38.7. The van der Waals surface area contributed by atoms with E-state index in [1.807, 2.05) is 97.9 Å². The fraction of sp³-hybridized carbons (Fsp3) is 0.383. The summed E-state index contributed by atoms with van der Waals surface area (Å²) in [6.45, 7) is 6.57. The number of para-hydroxylation sites is 1. The maximum Gasteiger partial charge on any atom is 0.410 e. The molecule has 0 bridgehead atoms. The molecule has 4 aromatic carbocycles. The van der Waals surface area contributed by atoms with E-state index in [1.165, 1.54) is 0 Å². The molecular formula is C47H54N4O7. The van der Waals surface area contributed by atoms with E-state index in [2.05, 4.69) is 23.1 Å². The van der Waals surface area contributed by atoms with Gasteiger partial charge in [0.25, 0.3) is 0 Å². The van der Waals surface area contributed by atoms with Crippen molar-refractivity contribution in [2.45, 2.75) is 64.0 Å². The summed E-state index contributed by atoms with van der Waals surface area (Å²) in [5, 5.41) is 1.05. The summed E-state index contributed by atoms with van der Waals surface area (Å²) in [6, 6.07) is 35.4. The van der Waals surface area contributed by atoms with E-state index in [9.17, 15) is 9.59 Å². The van der Waals surface area contributed by atoms with Crippen LogP contribution in [0.15, 0.2) is 109 Å². The highest BCUT2D eigenvalue weighted by Crippen LogP contribution is 2.38. The fourth-order valence-electron chi connectivity index (χ4n) is 7.89. The van der Waals surface area contributed by atoms with Crippen molar-refractivity contribution in [3.8, 4) is 11.5 Å². The number of methoxy groups -OCH3 is 1. The van der Waals surface area contributed by atoms with Gasteiger partial charge in [0.1, 0.15) is 24.7 Å². The third-order valence-corrected chi connectivity index (χ3v) is 11.0. The molecule has 0 N–H and O–H groups in total. The lowest BCUT2D eigenvalue weighted by molar-refractivity contribution is -0.132. The van der Waals surface area contributed by atoms with Crippen LogP contribution in [0.5, 0.6) is 11.5 Å². The Labute approximate surface area is 341 Å². The molecule has 2 aliphatic rings. The van der Waals surface area contributed by atoms with Crippen LogP contribution in [-0.2, 0) is 38.8 Å². The molecule has 2 amide bonds. The van der Waals surface area contributed by atoms with Crippen molar-refractivity contribution in [1.82, 2.24) is 14.8 Å². The van der Waals surface area contributed by atoms with Crippen LogP contribution < -0.4 is 14.4 Å². The molecule has 11 heteroatoms. The van der Waals surface area contributed by atoms with Gasteiger partial charge in [-0.1, -0.05) is 72.8 Å². The number of likely N-dealkylation sites (tertiary alicyclic amines) is 1. The molecule has 0 spiro atoms. The zero-order chi connectivity index (χ0) is 40.3. The monoisotopic (exact) mass is 786 g/mol. The molecule has 5 aromatic rings. The van der Waals surface area contributed by atoms with Gasteiger partial charge >= 0.3 is 6.09 Å². The molecule has 0 aliphatic carbocycles. The second kappa shape index (κ2) is 19.7. The van der Waals surface area contributed by atoms with Crippen molar-refractivity contribution < 1.29 is 33.3 Å². The number of amides is 2. The van der Waals surface area contributed by atoms with Crippen molar-refractivity contribution in [2.24, 2.45) is 0 Å². The van der Waals surface area contributed by atoms with Gasteiger partial charge in [0.15, 0.2) is 0 Å². The molecule has 2 aliphatic heterocycles. The molecule has 0 radical (unpaired) electrons. The van der Waals surface area contributed by atoms with E-state index in [-0.39, 0.29) is 31.4 Å². The van der Waals surface area contributed by atoms with Crippen molar-refractivity contribution in [3.05, 3.63) is 132 Å². The molecule has 304 valence electrons. The first-order valence-electron chi connectivity index (χ1n) is 20.3. The average molecular weight is 787 g/mol. The number of carbonyl (C=O) groups excluding carboxylic acids is 2. The van der Waals surface area contributed by atoms with Gasteiger partial charge in [0.05, 0.1) is 55.9 Å². The molecule has 1 saturated heterocycles. The second-order valence-corrected chi connectivity index (χ2v) is 15.0. The first kappa shape index (κ1) is 40.5. The normalized spacial score (nSPS) is 17.7. The topological polar surface area (TPSA) is 103 Å². The van der Waals surface area contributed by atoms with E-state index in [1.54, 1.807) is 24.0 Å². The first-order valence-corrected chi connectivity index (χ1v) is 20.3. The number of fused-ring (bicyclic) bond motifs is 2. The number of ether oxygens (including phenoxy) is 5. The number of aromatic nitrogens is 1. The summed E-state index contributed by atoms with van der Waals surface area (Å²) < 4.78 is 29.9. The zero-order valence-electron chi connectivity index (χ0n) is 33.8. The molecular weight excluding hydrogens is 733 g/mol. The van der Waals surface area contributed by atoms with Crippen LogP contribution in [0.4, 0.5) is 10.5 Å². The van der Waals surface area contributed by atoms with E-state index in [4.69, 9.17) is 28.7 Å².